The Bertz CT molecular complexity index is 460. The molecule has 3 heterocycles. The summed E-state index contributed by atoms with van der Waals surface area (Å²) in [5, 5.41) is 0. The van der Waals surface area contributed by atoms with Crippen molar-refractivity contribution < 1.29 is 9.15 Å². The zero-order chi connectivity index (χ0) is 16.6. The zero-order valence-electron chi connectivity index (χ0n) is 15.3. The second-order valence-corrected chi connectivity index (χ2v) is 7.28. The summed E-state index contributed by atoms with van der Waals surface area (Å²) in [4.78, 5) is 5.13. The van der Waals surface area contributed by atoms with Crippen molar-refractivity contribution in [1.82, 2.24) is 9.80 Å². The molecule has 2 aliphatic heterocycles. The maximum Gasteiger partial charge on any atom is 0.133 e. The minimum absolute atomic E-state index is 0.180. The number of hydrogen-bond donors (Lipinski definition) is 0. The third-order valence-electron chi connectivity index (χ3n) is 5.44. The molecule has 2 aliphatic rings. The summed E-state index contributed by atoms with van der Waals surface area (Å²) in [5.41, 5.74) is 0. The number of ether oxygens (including phenoxy) is 1. The van der Waals surface area contributed by atoms with E-state index in [2.05, 4.69) is 28.9 Å². The van der Waals surface area contributed by atoms with Crippen LogP contribution in [0.1, 0.15) is 69.5 Å². The van der Waals surface area contributed by atoms with E-state index in [1.54, 1.807) is 0 Å². The van der Waals surface area contributed by atoms with E-state index in [1.807, 2.05) is 0 Å². The van der Waals surface area contributed by atoms with Crippen LogP contribution in [0, 0.1) is 0 Å². The molecule has 2 saturated heterocycles. The van der Waals surface area contributed by atoms with Crippen molar-refractivity contribution in [3.8, 4) is 0 Å². The molecule has 136 valence electrons. The predicted molar refractivity (Wildman–Crippen MR) is 97.1 cm³/mol. The summed E-state index contributed by atoms with van der Waals surface area (Å²) in [6, 6.07) is 4.26. The molecule has 0 spiro atoms. The summed E-state index contributed by atoms with van der Waals surface area (Å²) in [6.07, 6.45) is 9.27. The van der Waals surface area contributed by atoms with Gasteiger partial charge in [-0.1, -0.05) is 19.8 Å². The lowest BCUT2D eigenvalue weighted by atomic mass is 10.1. The fourth-order valence-electron chi connectivity index (χ4n) is 3.83. The maximum absolute atomic E-state index is 6.09. The Balaban J connectivity index is 1.46. The van der Waals surface area contributed by atoms with E-state index in [-0.39, 0.29) is 6.10 Å². The van der Waals surface area contributed by atoms with Gasteiger partial charge in [-0.25, -0.2) is 0 Å². The van der Waals surface area contributed by atoms with Gasteiger partial charge in [0.2, 0.25) is 0 Å². The molecule has 1 aromatic rings. The summed E-state index contributed by atoms with van der Waals surface area (Å²) in [6.45, 7) is 9.98. The number of likely N-dealkylation sites (tertiary alicyclic amines) is 1. The van der Waals surface area contributed by atoms with Gasteiger partial charge >= 0.3 is 0 Å². The lowest BCUT2D eigenvalue weighted by Crippen LogP contribution is -2.35. The van der Waals surface area contributed by atoms with Gasteiger partial charge in [-0.05, 0) is 63.9 Å². The summed E-state index contributed by atoms with van der Waals surface area (Å²) in [5.74, 6) is 2.10. The monoisotopic (exact) mass is 334 g/mol. The molecular weight excluding hydrogens is 300 g/mol. The topological polar surface area (TPSA) is 28.9 Å². The Hall–Kier alpha value is -0.840. The van der Waals surface area contributed by atoms with Gasteiger partial charge in [-0.3, -0.25) is 4.90 Å². The van der Waals surface area contributed by atoms with Gasteiger partial charge in [0.1, 0.15) is 17.6 Å². The Morgan fingerprint density at radius 2 is 1.92 bits per heavy atom. The van der Waals surface area contributed by atoms with E-state index in [0.29, 0.717) is 0 Å². The fraction of sp³-hybridized carbons (Fsp3) is 0.800. The van der Waals surface area contributed by atoms with Gasteiger partial charge in [0.05, 0.1) is 6.54 Å². The molecule has 0 aromatic carbocycles. The molecule has 24 heavy (non-hydrogen) atoms. The SMILES string of the molecule is CCN(CCN1CCCCCC1)Cc1ccc([C@@H]2CCCCO2)o1. The molecule has 0 amide bonds. The van der Waals surface area contributed by atoms with E-state index in [0.717, 1.165) is 44.2 Å². The van der Waals surface area contributed by atoms with Crippen LogP contribution in [0.2, 0.25) is 0 Å². The zero-order valence-corrected chi connectivity index (χ0v) is 15.3. The molecule has 1 aromatic heterocycles. The first-order valence-electron chi connectivity index (χ1n) is 10.00. The van der Waals surface area contributed by atoms with Crippen LogP contribution in [-0.4, -0.2) is 49.1 Å². The van der Waals surface area contributed by atoms with Crippen molar-refractivity contribution in [1.29, 1.82) is 0 Å². The van der Waals surface area contributed by atoms with E-state index < -0.39 is 0 Å². The van der Waals surface area contributed by atoms with Crippen LogP contribution in [0.4, 0.5) is 0 Å². The van der Waals surface area contributed by atoms with Crippen LogP contribution in [0.5, 0.6) is 0 Å². The molecule has 0 radical (unpaired) electrons. The van der Waals surface area contributed by atoms with Crippen molar-refractivity contribution in [2.24, 2.45) is 0 Å². The molecule has 0 unspecified atom stereocenters. The van der Waals surface area contributed by atoms with Gasteiger partial charge in [0.15, 0.2) is 0 Å². The van der Waals surface area contributed by atoms with Crippen LogP contribution < -0.4 is 0 Å². The highest BCUT2D eigenvalue weighted by Gasteiger charge is 2.20. The highest BCUT2D eigenvalue weighted by atomic mass is 16.5. The molecule has 0 saturated carbocycles. The first-order valence-corrected chi connectivity index (χ1v) is 10.00. The Morgan fingerprint density at radius 1 is 1.08 bits per heavy atom. The smallest absolute Gasteiger partial charge is 0.133 e. The highest BCUT2D eigenvalue weighted by molar-refractivity contribution is 5.10. The number of rotatable bonds is 7. The van der Waals surface area contributed by atoms with Crippen LogP contribution in [0.25, 0.3) is 0 Å². The van der Waals surface area contributed by atoms with Crippen LogP contribution >= 0.6 is 0 Å². The van der Waals surface area contributed by atoms with Crippen molar-refractivity contribution >= 4 is 0 Å². The quantitative estimate of drug-likeness (QED) is 0.746. The third-order valence-corrected chi connectivity index (χ3v) is 5.44. The number of hydrogen-bond acceptors (Lipinski definition) is 4. The standard InChI is InChI=1S/C20H34N2O2/c1-2-21(14-15-22-12-6-3-4-7-13-22)17-18-10-11-20(24-18)19-9-5-8-16-23-19/h10-11,19H,2-9,12-17H2,1H3/t19-/m0/s1. The van der Waals surface area contributed by atoms with Crippen LogP contribution in [0.3, 0.4) is 0 Å². The van der Waals surface area contributed by atoms with Gasteiger partial charge in [0.25, 0.3) is 0 Å². The molecule has 0 bridgehead atoms. The van der Waals surface area contributed by atoms with Gasteiger partial charge in [-0.15, -0.1) is 0 Å². The van der Waals surface area contributed by atoms with Crippen LogP contribution in [-0.2, 0) is 11.3 Å². The lowest BCUT2D eigenvalue weighted by Gasteiger charge is -2.25. The van der Waals surface area contributed by atoms with Gasteiger partial charge in [0, 0.05) is 19.7 Å². The summed E-state index contributed by atoms with van der Waals surface area (Å²) < 4.78 is 11.9. The van der Waals surface area contributed by atoms with Gasteiger partial charge in [-0.2, -0.15) is 0 Å². The van der Waals surface area contributed by atoms with Crippen molar-refractivity contribution in [3.63, 3.8) is 0 Å². The minimum atomic E-state index is 0.180. The van der Waals surface area contributed by atoms with Crippen molar-refractivity contribution in [2.45, 2.75) is 64.5 Å². The third kappa shape index (κ3) is 5.33. The molecule has 2 fully saturated rings. The van der Waals surface area contributed by atoms with Gasteiger partial charge < -0.3 is 14.1 Å². The number of likely N-dealkylation sites (N-methyl/N-ethyl adjacent to an activating group) is 1. The second kappa shape index (κ2) is 9.59. The largest absolute Gasteiger partial charge is 0.462 e. The number of furan rings is 1. The minimum Gasteiger partial charge on any atom is -0.462 e. The van der Waals surface area contributed by atoms with E-state index in [1.165, 1.54) is 58.2 Å². The highest BCUT2D eigenvalue weighted by Crippen LogP contribution is 2.29. The Labute approximate surface area is 147 Å². The van der Waals surface area contributed by atoms with E-state index in [9.17, 15) is 0 Å². The van der Waals surface area contributed by atoms with E-state index >= 15 is 0 Å². The predicted octanol–water partition coefficient (Wildman–Crippen LogP) is 4.22. The normalized spacial score (nSPS) is 23.5. The first kappa shape index (κ1) is 18.0. The Morgan fingerprint density at radius 3 is 2.62 bits per heavy atom. The molecule has 1 atom stereocenters. The fourth-order valence-corrected chi connectivity index (χ4v) is 3.83. The maximum atomic E-state index is 6.09. The second-order valence-electron chi connectivity index (χ2n) is 7.28. The van der Waals surface area contributed by atoms with Crippen molar-refractivity contribution in [2.75, 3.05) is 39.3 Å². The van der Waals surface area contributed by atoms with Crippen molar-refractivity contribution in [3.05, 3.63) is 23.7 Å². The molecule has 4 heteroatoms. The average Bonchev–Trinajstić information content (AvgIpc) is 2.94. The molecule has 3 rings (SSSR count). The Kier molecular flexibility index (Phi) is 7.18. The van der Waals surface area contributed by atoms with Crippen LogP contribution in [0.15, 0.2) is 16.5 Å². The summed E-state index contributed by atoms with van der Waals surface area (Å²) >= 11 is 0. The van der Waals surface area contributed by atoms with E-state index in [4.69, 9.17) is 9.15 Å². The molecular formula is C20H34N2O2. The lowest BCUT2D eigenvalue weighted by molar-refractivity contribution is 0.000841. The molecule has 0 aliphatic carbocycles. The molecule has 4 nitrogen and oxygen atoms in total. The average molecular weight is 335 g/mol. The summed E-state index contributed by atoms with van der Waals surface area (Å²) in [7, 11) is 0. The number of nitrogens with zero attached hydrogens (tertiary/aromatic N) is 2. The molecule has 0 N–H and O–H groups in total. The first-order chi connectivity index (χ1) is 11.8.